The van der Waals surface area contributed by atoms with Gasteiger partial charge in [0.15, 0.2) is 0 Å². The molecule has 2 aromatic rings. The molecule has 0 atom stereocenters. The number of hydrogen-bond acceptors (Lipinski definition) is 3. The van der Waals surface area contributed by atoms with Gasteiger partial charge < -0.3 is 10.1 Å². The Kier molecular flexibility index (Phi) is 6.82. The van der Waals surface area contributed by atoms with Crippen LogP contribution in [0.5, 0.6) is 5.75 Å². The van der Waals surface area contributed by atoms with E-state index in [-0.39, 0.29) is 5.91 Å². The highest BCUT2D eigenvalue weighted by Gasteiger charge is 2.09. The van der Waals surface area contributed by atoms with Crippen LogP contribution < -0.4 is 10.1 Å². The first-order valence-corrected chi connectivity index (χ1v) is 8.40. The van der Waals surface area contributed by atoms with Crippen LogP contribution in [0.2, 0.25) is 0 Å². The van der Waals surface area contributed by atoms with E-state index in [1.165, 1.54) is 0 Å². The molecule has 0 bridgehead atoms. The molecule has 0 radical (unpaired) electrons. The summed E-state index contributed by atoms with van der Waals surface area (Å²) in [6.07, 6.45) is 0.901. The Labute approximate surface area is 144 Å². The van der Waals surface area contributed by atoms with E-state index in [1.54, 1.807) is 0 Å². The number of amides is 1. The zero-order valence-electron chi connectivity index (χ0n) is 14.7. The van der Waals surface area contributed by atoms with Crippen LogP contribution >= 0.6 is 0 Å². The molecule has 4 heteroatoms. The van der Waals surface area contributed by atoms with Crippen molar-refractivity contribution in [2.45, 2.75) is 26.8 Å². The van der Waals surface area contributed by atoms with Gasteiger partial charge >= 0.3 is 0 Å². The summed E-state index contributed by atoms with van der Waals surface area (Å²) in [7, 11) is 1.95. The molecule has 2 rings (SSSR count). The Morgan fingerprint density at radius 3 is 2.46 bits per heavy atom. The molecule has 0 aliphatic carbocycles. The normalized spacial score (nSPS) is 10.7. The van der Waals surface area contributed by atoms with Gasteiger partial charge in [-0.25, -0.2) is 0 Å². The topological polar surface area (TPSA) is 41.6 Å². The maximum atomic E-state index is 12.2. The number of benzene rings is 2. The summed E-state index contributed by atoms with van der Waals surface area (Å²) >= 11 is 0. The number of carbonyl (C=O) groups excluding carboxylic acids is 1. The van der Waals surface area contributed by atoms with Gasteiger partial charge in [0.25, 0.3) is 0 Å². The van der Waals surface area contributed by atoms with E-state index < -0.39 is 0 Å². The summed E-state index contributed by atoms with van der Waals surface area (Å²) in [5.74, 6) is 0.877. The lowest BCUT2D eigenvalue weighted by Crippen LogP contribution is -2.30. The van der Waals surface area contributed by atoms with E-state index in [0.717, 1.165) is 35.5 Å². The Morgan fingerprint density at radius 2 is 1.79 bits per heavy atom. The van der Waals surface area contributed by atoms with Gasteiger partial charge in [0.1, 0.15) is 5.75 Å². The second-order valence-corrected chi connectivity index (χ2v) is 5.81. The molecule has 1 amide bonds. The molecule has 0 heterocycles. The van der Waals surface area contributed by atoms with Gasteiger partial charge in [0, 0.05) is 12.2 Å². The maximum absolute atomic E-state index is 12.2. The van der Waals surface area contributed by atoms with Gasteiger partial charge in [-0.1, -0.05) is 37.3 Å². The van der Waals surface area contributed by atoms with Crippen LogP contribution in [0.25, 0.3) is 0 Å². The van der Waals surface area contributed by atoms with Crippen molar-refractivity contribution in [3.63, 3.8) is 0 Å². The molecule has 4 nitrogen and oxygen atoms in total. The largest absolute Gasteiger partial charge is 0.494 e. The van der Waals surface area contributed by atoms with Gasteiger partial charge in [-0.3, -0.25) is 9.69 Å². The summed E-state index contributed by atoms with van der Waals surface area (Å²) in [5, 5.41) is 3.00. The lowest BCUT2D eigenvalue weighted by Gasteiger charge is -2.17. The summed E-state index contributed by atoms with van der Waals surface area (Å²) in [6.45, 7) is 5.79. The summed E-state index contributed by atoms with van der Waals surface area (Å²) < 4.78 is 5.44. The molecular formula is C20H26N2O2. The number of nitrogens with one attached hydrogen (secondary N) is 1. The number of para-hydroxylation sites is 1. The lowest BCUT2D eigenvalue weighted by molar-refractivity contribution is -0.117. The van der Waals surface area contributed by atoms with Gasteiger partial charge in [-0.05, 0) is 49.7 Å². The van der Waals surface area contributed by atoms with Crippen molar-refractivity contribution in [3.05, 3.63) is 59.7 Å². The highest BCUT2D eigenvalue weighted by atomic mass is 16.5. The predicted molar refractivity (Wildman–Crippen MR) is 98.4 cm³/mol. The minimum Gasteiger partial charge on any atom is -0.494 e. The molecule has 0 aliphatic rings. The molecule has 24 heavy (non-hydrogen) atoms. The van der Waals surface area contributed by atoms with Crippen molar-refractivity contribution < 1.29 is 9.53 Å². The monoisotopic (exact) mass is 326 g/mol. The quantitative estimate of drug-likeness (QED) is 0.804. The van der Waals surface area contributed by atoms with Crippen LogP contribution in [-0.2, 0) is 17.8 Å². The van der Waals surface area contributed by atoms with Crippen molar-refractivity contribution in [2.24, 2.45) is 0 Å². The Bertz CT molecular complexity index is 653. The molecule has 2 aromatic carbocycles. The minimum absolute atomic E-state index is 0.00402. The van der Waals surface area contributed by atoms with E-state index in [9.17, 15) is 4.79 Å². The zero-order chi connectivity index (χ0) is 17.4. The fourth-order valence-corrected chi connectivity index (χ4v) is 2.61. The average molecular weight is 326 g/mol. The van der Waals surface area contributed by atoms with Crippen molar-refractivity contribution in [3.8, 4) is 5.75 Å². The van der Waals surface area contributed by atoms with Crippen LogP contribution in [-0.4, -0.2) is 31.0 Å². The molecule has 0 saturated heterocycles. The van der Waals surface area contributed by atoms with Crippen LogP contribution in [0.1, 0.15) is 25.0 Å². The van der Waals surface area contributed by atoms with E-state index >= 15 is 0 Å². The number of rotatable bonds is 8. The third kappa shape index (κ3) is 5.39. The van der Waals surface area contributed by atoms with Crippen LogP contribution in [0.15, 0.2) is 48.5 Å². The molecule has 0 saturated carbocycles. The van der Waals surface area contributed by atoms with E-state index in [0.29, 0.717) is 13.2 Å². The number of likely N-dealkylation sites (N-methyl/N-ethyl adjacent to an activating group) is 1. The Hall–Kier alpha value is -2.33. The predicted octanol–water partition coefficient (Wildman–Crippen LogP) is 3.72. The third-order valence-electron chi connectivity index (χ3n) is 3.77. The molecule has 0 unspecified atom stereocenters. The van der Waals surface area contributed by atoms with Gasteiger partial charge in [0.2, 0.25) is 5.91 Å². The van der Waals surface area contributed by atoms with Gasteiger partial charge in [-0.15, -0.1) is 0 Å². The molecule has 0 aromatic heterocycles. The Balaban J connectivity index is 1.87. The van der Waals surface area contributed by atoms with Crippen molar-refractivity contribution in [1.82, 2.24) is 4.90 Å². The van der Waals surface area contributed by atoms with E-state index in [1.807, 2.05) is 67.4 Å². The molecule has 0 aliphatic heterocycles. The zero-order valence-corrected chi connectivity index (χ0v) is 14.7. The fraction of sp³-hybridized carbons (Fsp3) is 0.350. The van der Waals surface area contributed by atoms with Crippen molar-refractivity contribution in [1.29, 1.82) is 0 Å². The molecule has 0 fully saturated rings. The fourth-order valence-electron chi connectivity index (χ4n) is 2.61. The third-order valence-corrected chi connectivity index (χ3v) is 3.77. The second-order valence-electron chi connectivity index (χ2n) is 5.81. The highest BCUT2D eigenvalue weighted by molar-refractivity contribution is 5.92. The maximum Gasteiger partial charge on any atom is 0.238 e. The highest BCUT2D eigenvalue weighted by Crippen LogP contribution is 2.16. The van der Waals surface area contributed by atoms with Gasteiger partial charge in [-0.2, -0.15) is 0 Å². The average Bonchev–Trinajstić information content (AvgIpc) is 2.57. The van der Waals surface area contributed by atoms with Crippen LogP contribution in [0, 0.1) is 0 Å². The number of anilines is 1. The van der Waals surface area contributed by atoms with Crippen molar-refractivity contribution >= 4 is 11.6 Å². The first-order chi connectivity index (χ1) is 11.6. The SMILES string of the molecule is CCOc1ccc(CN(C)CC(=O)Nc2ccccc2CC)cc1. The van der Waals surface area contributed by atoms with Gasteiger partial charge in [0.05, 0.1) is 13.2 Å². The van der Waals surface area contributed by atoms with E-state index in [2.05, 4.69) is 12.2 Å². The Morgan fingerprint density at radius 1 is 1.08 bits per heavy atom. The number of carbonyl (C=O) groups is 1. The first kappa shape index (κ1) is 18.0. The van der Waals surface area contributed by atoms with E-state index in [4.69, 9.17) is 4.74 Å². The lowest BCUT2D eigenvalue weighted by atomic mass is 10.1. The standard InChI is InChI=1S/C20H26N2O2/c1-4-17-8-6-7-9-19(17)21-20(23)15-22(3)14-16-10-12-18(13-11-16)24-5-2/h6-13H,4-5,14-15H2,1-3H3,(H,21,23). The summed E-state index contributed by atoms with van der Waals surface area (Å²) in [4.78, 5) is 14.2. The molecule has 1 N–H and O–H groups in total. The first-order valence-electron chi connectivity index (χ1n) is 8.40. The number of nitrogens with zero attached hydrogens (tertiary/aromatic N) is 1. The summed E-state index contributed by atoms with van der Waals surface area (Å²) in [5.41, 5.74) is 3.21. The van der Waals surface area contributed by atoms with Crippen LogP contribution in [0.4, 0.5) is 5.69 Å². The number of ether oxygens (including phenoxy) is 1. The summed E-state index contributed by atoms with van der Waals surface area (Å²) in [6, 6.07) is 15.9. The minimum atomic E-state index is 0.00402. The molecule has 128 valence electrons. The second kappa shape index (κ2) is 9.08. The number of hydrogen-bond donors (Lipinski definition) is 1. The van der Waals surface area contributed by atoms with Crippen LogP contribution in [0.3, 0.4) is 0 Å². The molecular weight excluding hydrogens is 300 g/mol. The van der Waals surface area contributed by atoms with Crippen molar-refractivity contribution in [2.75, 3.05) is 25.5 Å². The molecule has 0 spiro atoms. The smallest absolute Gasteiger partial charge is 0.238 e. The number of aryl methyl sites for hydroxylation is 1.